The lowest BCUT2D eigenvalue weighted by Crippen LogP contribution is -1.96. The molecule has 5 heteroatoms. The quantitative estimate of drug-likeness (QED) is 0.627. The van der Waals surface area contributed by atoms with Gasteiger partial charge in [-0.3, -0.25) is 0 Å². The van der Waals surface area contributed by atoms with Crippen LogP contribution in [0.1, 0.15) is 0 Å². The number of anilines is 1. The topological polar surface area (TPSA) is 80.7 Å². The fourth-order valence-corrected chi connectivity index (χ4v) is 1.48. The Morgan fingerprint density at radius 2 is 2.20 bits per heavy atom. The van der Waals surface area contributed by atoms with Crippen molar-refractivity contribution in [3.05, 3.63) is 30.7 Å². The molecule has 0 aliphatic carbocycles. The van der Waals surface area contributed by atoms with Crippen LogP contribution in [0.15, 0.2) is 35.1 Å². The van der Waals surface area contributed by atoms with E-state index >= 15 is 0 Å². The third kappa shape index (κ3) is 1.17. The number of aromatic nitrogens is 3. The molecule has 3 rings (SSSR count). The summed E-state index contributed by atoms with van der Waals surface area (Å²) >= 11 is 0. The van der Waals surface area contributed by atoms with Crippen molar-refractivity contribution in [1.82, 2.24) is 15.0 Å². The molecule has 3 aromatic heterocycles. The zero-order valence-corrected chi connectivity index (χ0v) is 7.77. The minimum absolute atomic E-state index is 0.452. The Morgan fingerprint density at radius 1 is 1.27 bits per heavy atom. The molecule has 0 aromatic carbocycles. The first-order chi connectivity index (χ1) is 7.34. The first-order valence-corrected chi connectivity index (χ1v) is 4.49. The molecule has 5 nitrogen and oxygen atoms in total. The van der Waals surface area contributed by atoms with Crippen LogP contribution in [0.4, 0.5) is 5.82 Å². The van der Waals surface area contributed by atoms with Gasteiger partial charge in [-0.25, -0.2) is 9.97 Å². The second-order valence-corrected chi connectivity index (χ2v) is 3.15. The Hall–Kier alpha value is -2.30. The van der Waals surface area contributed by atoms with Crippen molar-refractivity contribution in [1.29, 1.82) is 0 Å². The molecule has 0 aliphatic rings. The van der Waals surface area contributed by atoms with Crippen LogP contribution < -0.4 is 5.73 Å². The number of aromatic amines is 1. The van der Waals surface area contributed by atoms with Gasteiger partial charge in [0.15, 0.2) is 11.6 Å². The normalized spacial score (nSPS) is 10.9. The minimum Gasteiger partial charge on any atom is -0.461 e. The number of fused-ring (bicyclic) bond motifs is 1. The highest BCUT2D eigenvalue weighted by Crippen LogP contribution is 2.22. The van der Waals surface area contributed by atoms with Gasteiger partial charge < -0.3 is 15.1 Å². The smallest absolute Gasteiger partial charge is 0.199 e. The molecule has 0 amide bonds. The van der Waals surface area contributed by atoms with Gasteiger partial charge in [0.25, 0.3) is 0 Å². The van der Waals surface area contributed by atoms with Crippen LogP contribution in [0.5, 0.6) is 0 Å². The van der Waals surface area contributed by atoms with Gasteiger partial charge in [-0.2, -0.15) is 0 Å². The van der Waals surface area contributed by atoms with Gasteiger partial charge in [0.05, 0.1) is 11.6 Å². The standard InChI is InChI=1S/C10H8N4O/c11-8-6-3-4-12-9(6)14-10(13-8)7-2-1-5-15-7/h1-5H,(H3,11,12,13,14). The Kier molecular flexibility index (Phi) is 1.53. The summed E-state index contributed by atoms with van der Waals surface area (Å²) in [6.45, 7) is 0. The molecule has 0 saturated heterocycles. The summed E-state index contributed by atoms with van der Waals surface area (Å²) in [4.78, 5) is 11.5. The first-order valence-electron chi connectivity index (χ1n) is 4.49. The van der Waals surface area contributed by atoms with Crippen LogP contribution in [-0.4, -0.2) is 15.0 Å². The highest BCUT2D eigenvalue weighted by molar-refractivity contribution is 5.87. The van der Waals surface area contributed by atoms with Crippen molar-refractivity contribution in [2.45, 2.75) is 0 Å². The number of furan rings is 1. The molecule has 0 atom stereocenters. The highest BCUT2D eigenvalue weighted by atomic mass is 16.3. The molecule has 3 heterocycles. The van der Waals surface area contributed by atoms with Crippen LogP contribution in [0.2, 0.25) is 0 Å². The number of nitrogens with one attached hydrogen (secondary N) is 1. The second kappa shape index (κ2) is 2.84. The lowest BCUT2D eigenvalue weighted by atomic mass is 10.3. The number of nitrogen functional groups attached to an aromatic ring is 1. The maximum absolute atomic E-state index is 5.79. The summed E-state index contributed by atoms with van der Waals surface area (Å²) < 4.78 is 5.21. The van der Waals surface area contributed by atoms with E-state index in [1.807, 2.05) is 6.07 Å². The second-order valence-electron chi connectivity index (χ2n) is 3.15. The van der Waals surface area contributed by atoms with Gasteiger partial charge in [0.2, 0.25) is 0 Å². The molecule has 15 heavy (non-hydrogen) atoms. The number of hydrogen-bond donors (Lipinski definition) is 2. The molecule has 0 spiro atoms. The van der Waals surface area contributed by atoms with Crippen molar-refractivity contribution in [2.24, 2.45) is 0 Å². The largest absolute Gasteiger partial charge is 0.461 e. The zero-order chi connectivity index (χ0) is 10.3. The summed E-state index contributed by atoms with van der Waals surface area (Å²) in [6, 6.07) is 5.42. The number of H-pyrrole nitrogens is 1. The van der Waals surface area contributed by atoms with E-state index in [9.17, 15) is 0 Å². The van der Waals surface area contributed by atoms with Gasteiger partial charge in [-0.1, -0.05) is 0 Å². The van der Waals surface area contributed by atoms with Gasteiger partial charge in [-0.15, -0.1) is 0 Å². The van der Waals surface area contributed by atoms with Gasteiger partial charge in [0, 0.05) is 6.20 Å². The summed E-state index contributed by atoms with van der Waals surface area (Å²) in [6.07, 6.45) is 3.36. The van der Waals surface area contributed by atoms with Crippen LogP contribution in [0, 0.1) is 0 Å². The molecule has 3 N–H and O–H groups in total. The number of nitrogens with zero attached hydrogens (tertiary/aromatic N) is 2. The van der Waals surface area contributed by atoms with E-state index < -0.39 is 0 Å². The van der Waals surface area contributed by atoms with E-state index in [0.29, 0.717) is 23.0 Å². The van der Waals surface area contributed by atoms with Crippen LogP contribution in [0.3, 0.4) is 0 Å². The van der Waals surface area contributed by atoms with E-state index in [-0.39, 0.29) is 0 Å². The predicted octanol–water partition coefficient (Wildman–Crippen LogP) is 1.80. The highest BCUT2D eigenvalue weighted by Gasteiger charge is 2.09. The molecule has 0 radical (unpaired) electrons. The Labute approximate surface area is 85.0 Å². The molecular formula is C10H8N4O. The average molecular weight is 200 g/mol. The Balaban J connectivity index is 2.29. The van der Waals surface area contributed by atoms with E-state index in [1.165, 1.54) is 0 Å². The number of hydrogen-bond acceptors (Lipinski definition) is 4. The average Bonchev–Trinajstić information content (AvgIpc) is 2.88. The van der Waals surface area contributed by atoms with Crippen molar-refractivity contribution in [3.8, 4) is 11.6 Å². The lowest BCUT2D eigenvalue weighted by molar-refractivity contribution is 0.577. The maximum Gasteiger partial charge on any atom is 0.199 e. The molecule has 0 fully saturated rings. The minimum atomic E-state index is 0.452. The van der Waals surface area contributed by atoms with Gasteiger partial charge >= 0.3 is 0 Å². The van der Waals surface area contributed by atoms with Crippen molar-refractivity contribution < 1.29 is 4.42 Å². The summed E-state index contributed by atoms with van der Waals surface area (Å²) in [5.41, 5.74) is 6.51. The molecule has 0 saturated carbocycles. The van der Waals surface area contributed by atoms with E-state index in [0.717, 1.165) is 5.39 Å². The molecule has 3 aromatic rings. The summed E-state index contributed by atoms with van der Waals surface area (Å²) in [5.74, 6) is 1.55. The van der Waals surface area contributed by atoms with Crippen molar-refractivity contribution in [3.63, 3.8) is 0 Å². The number of rotatable bonds is 1. The van der Waals surface area contributed by atoms with Gasteiger partial charge in [0.1, 0.15) is 11.5 Å². The zero-order valence-electron chi connectivity index (χ0n) is 7.77. The van der Waals surface area contributed by atoms with E-state index in [2.05, 4.69) is 15.0 Å². The molecular weight excluding hydrogens is 192 g/mol. The lowest BCUT2D eigenvalue weighted by Gasteiger charge is -1.98. The SMILES string of the molecule is Nc1nc(-c2ccco2)nc2[nH]ccc12. The number of nitrogens with two attached hydrogens (primary N) is 1. The fourth-order valence-electron chi connectivity index (χ4n) is 1.48. The maximum atomic E-state index is 5.79. The first kappa shape index (κ1) is 8.05. The molecule has 0 bridgehead atoms. The third-order valence-corrected chi connectivity index (χ3v) is 2.19. The van der Waals surface area contributed by atoms with Crippen LogP contribution in [0.25, 0.3) is 22.6 Å². The van der Waals surface area contributed by atoms with Crippen LogP contribution in [-0.2, 0) is 0 Å². The van der Waals surface area contributed by atoms with Crippen LogP contribution >= 0.6 is 0 Å². The molecule has 0 unspecified atom stereocenters. The monoisotopic (exact) mass is 200 g/mol. The predicted molar refractivity (Wildman–Crippen MR) is 56.0 cm³/mol. The van der Waals surface area contributed by atoms with E-state index in [1.54, 1.807) is 24.6 Å². The fraction of sp³-hybridized carbons (Fsp3) is 0. The Morgan fingerprint density at radius 3 is 3.00 bits per heavy atom. The van der Waals surface area contributed by atoms with Crippen molar-refractivity contribution >= 4 is 16.9 Å². The molecule has 74 valence electrons. The Bertz CT molecular complexity index is 597. The molecule has 0 aliphatic heterocycles. The van der Waals surface area contributed by atoms with Gasteiger partial charge in [-0.05, 0) is 18.2 Å². The third-order valence-electron chi connectivity index (χ3n) is 2.19. The van der Waals surface area contributed by atoms with E-state index in [4.69, 9.17) is 10.2 Å². The van der Waals surface area contributed by atoms with Crippen molar-refractivity contribution in [2.75, 3.05) is 5.73 Å². The summed E-state index contributed by atoms with van der Waals surface area (Å²) in [5, 5.41) is 0.824. The summed E-state index contributed by atoms with van der Waals surface area (Å²) in [7, 11) is 0.